The first-order chi connectivity index (χ1) is 12.2. The van der Waals surface area contributed by atoms with E-state index in [-0.39, 0.29) is 18.6 Å². The second-order valence-electron chi connectivity index (χ2n) is 6.18. The van der Waals surface area contributed by atoms with Crippen LogP contribution in [0.1, 0.15) is 31.0 Å². The van der Waals surface area contributed by atoms with Gasteiger partial charge in [-0.1, -0.05) is 61.5 Å². The Morgan fingerprint density at radius 1 is 1.00 bits per heavy atom. The van der Waals surface area contributed by atoms with Crippen LogP contribution < -0.4 is 10.1 Å². The number of carbonyl (C=O) groups is 1. The van der Waals surface area contributed by atoms with Crippen LogP contribution in [0.4, 0.5) is 0 Å². The van der Waals surface area contributed by atoms with E-state index in [9.17, 15) is 4.79 Å². The van der Waals surface area contributed by atoms with Crippen LogP contribution in [0.5, 0.6) is 5.75 Å². The minimum Gasteiger partial charge on any atom is -0.484 e. The van der Waals surface area contributed by atoms with Gasteiger partial charge in [0.05, 0.1) is 6.04 Å². The second-order valence-corrected chi connectivity index (χ2v) is 6.18. The molecule has 128 valence electrons. The number of amides is 1. The van der Waals surface area contributed by atoms with Crippen molar-refractivity contribution in [3.05, 3.63) is 77.9 Å². The first-order valence-electron chi connectivity index (χ1n) is 8.65. The van der Waals surface area contributed by atoms with Crippen LogP contribution in [0.25, 0.3) is 10.8 Å². The van der Waals surface area contributed by atoms with Crippen LogP contribution in [0, 0.1) is 0 Å². The summed E-state index contributed by atoms with van der Waals surface area (Å²) in [6.45, 7) is 4.12. The molecule has 1 amide bonds. The molecule has 3 nitrogen and oxygen atoms in total. The summed E-state index contributed by atoms with van der Waals surface area (Å²) in [7, 11) is 0. The fourth-order valence-corrected chi connectivity index (χ4v) is 2.81. The predicted molar refractivity (Wildman–Crippen MR) is 102 cm³/mol. The molecule has 25 heavy (non-hydrogen) atoms. The highest BCUT2D eigenvalue weighted by molar-refractivity contribution is 5.84. The van der Waals surface area contributed by atoms with Gasteiger partial charge in [-0.15, -0.1) is 0 Å². The lowest BCUT2D eigenvalue weighted by Gasteiger charge is -2.15. The normalized spacial score (nSPS) is 11.9. The van der Waals surface area contributed by atoms with E-state index < -0.39 is 0 Å². The van der Waals surface area contributed by atoms with Crippen molar-refractivity contribution in [2.24, 2.45) is 0 Å². The number of rotatable bonds is 6. The van der Waals surface area contributed by atoms with Crippen LogP contribution in [0.2, 0.25) is 0 Å². The predicted octanol–water partition coefficient (Wildman–Crippen LogP) is 4.66. The molecule has 0 aliphatic carbocycles. The smallest absolute Gasteiger partial charge is 0.258 e. The Kier molecular flexibility index (Phi) is 5.34. The standard InChI is InChI=1S/C22H23NO2/c1-3-17-8-10-18(11-9-17)16(2)23-22(24)15-25-21-13-12-19-6-4-5-7-20(19)14-21/h4-14,16H,3,15H2,1-2H3,(H,23,24). The minimum atomic E-state index is -0.125. The zero-order valence-electron chi connectivity index (χ0n) is 14.7. The maximum Gasteiger partial charge on any atom is 0.258 e. The van der Waals surface area contributed by atoms with Gasteiger partial charge < -0.3 is 10.1 Å². The van der Waals surface area contributed by atoms with Crippen molar-refractivity contribution >= 4 is 16.7 Å². The third-order valence-electron chi connectivity index (χ3n) is 4.36. The van der Waals surface area contributed by atoms with E-state index in [1.54, 1.807) is 0 Å². The van der Waals surface area contributed by atoms with Gasteiger partial charge in [0.1, 0.15) is 5.75 Å². The summed E-state index contributed by atoms with van der Waals surface area (Å²) >= 11 is 0. The first kappa shape index (κ1) is 17.0. The highest BCUT2D eigenvalue weighted by Gasteiger charge is 2.10. The SMILES string of the molecule is CCc1ccc(C(C)NC(=O)COc2ccc3ccccc3c2)cc1. The number of nitrogens with one attached hydrogen (secondary N) is 1. The molecule has 0 aliphatic rings. The van der Waals surface area contributed by atoms with Crippen molar-refractivity contribution in [1.29, 1.82) is 0 Å². The molecule has 1 unspecified atom stereocenters. The Bertz CT molecular complexity index is 855. The molecule has 0 aliphatic heterocycles. The Hall–Kier alpha value is -2.81. The van der Waals surface area contributed by atoms with Crippen molar-refractivity contribution in [2.45, 2.75) is 26.3 Å². The van der Waals surface area contributed by atoms with Crippen molar-refractivity contribution < 1.29 is 9.53 Å². The topological polar surface area (TPSA) is 38.3 Å². The van der Waals surface area contributed by atoms with Crippen LogP contribution >= 0.6 is 0 Å². The van der Waals surface area contributed by atoms with E-state index in [4.69, 9.17) is 4.74 Å². The molecule has 0 bridgehead atoms. The third-order valence-corrected chi connectivity index (χ3v) is 4.36. The zero-order valence-corrected chi connectivity index (χ0v) is 14.7. The molecule has 0 spiro atoms. The molecular formula is C22H23NO2. The molecule has 1 N–H and O–H groups in total. The fourth-order valence-electron chi connectivity index (χ4n) is 2.81. The highest BCUT2D eigenvalue weighted by atomic mass is 16.5. The van der Waals surface area contributed by atoms with Crippen molar-refractivity contribution in [3.8, 4) is 5.75 Å². The number of benzene rings is 3. The molecule has 0 radical (unpaired) electrons. The Morgan fingerprint density at radius 3 is 2.44 bits per heavy atom. The van der Waals surface area contributed by atoms with Gasteiger partial charge in [0, 0.05) is 0 Å². The van der Waals surface area contributed by atoms with Crippen LogP contribution in [0.3, 0.4) is 0 Å². The lowest BCUT2D eigenvalue weighted by atomic mass is 10.1. The van der Waals surface area contributed by atoms with Gasteiger partial charge in [0.2, 0.25) is 0 Å². The molecule has 0 saturated carbocycles. The van der Waals surface area contributed by atoms with Crippen molar-refractivity contribution in [2.75, 3.05) is 6.61 Å². The number of hydrogen-bond donors (Lipinski definition) is 1. The molecule has 1 atom stereocenters. The van der Waals surface area contributed by atoms with Gasteiger partial charge in [0.25, 0.3) is 5.91 Å². The zero-order chi connectivity index (χ0) is 17.6. The van der Waals surface area contributed by atoms with Gasteiger partial charge in [-0.3, -0.25) is 4.79 Å². The third kappa shape index (κ3) is 4.38. The second kappa shape index (κ2) is 7.84. The highest BCUT2D eigenvalue weighted by Crippen LogP contribution is 2.20. The Morgan fingerprint density at radius 2 is 1.72 bits per heavy atom. The van der Waals surface area contributed by atoms with Gasteiger partial charge in [0.15, 0.2) is 6.61 Å². The maximum atomic E-state index is 12.2. The number of fused-ring (bicyclic) bond motifs is 1. The summed E-state index contributed by atoms with van der Waals surface area (Å²) in [5.74, 6) is 0.578. The number of ether oxygens (including phenoxy) is 1. The largest absolute Gasteiger partial charge is 0.484 e. The van der Waals surface area contributed by atoms with Crippen LogP contribution in [0.15, 0.2) is 66.7 Å². The van der Waals surface area contributed by atoms with E-state index in [1.165, 1.54) is 5.56 Å². The minimum absolute atomic E-state index is 0.00965. The molecule has 3 heteroatoms. The Balaban J connectivity index is 1.55. The summed E-state index contributed by atoms with van der Waals surface area (Å²) in [6.07, 6.45) is 1.01. The monoisotopic (exact) mass is 333 g/mol. The molecule has 0 aromatic heterocycles. The van der Waals surface area contributed by atoms with Crippen LogP contribution in [-0.2, 0) is 11.2 Å². The molecule has 0 saturated heterocycles. The summed E-state index contributed by atoms with van der Waals surface area (Å²) in [5, 5.41) is 5.23. The molecule has 3 aromatic carbocycles. The molecule has 0 heterocycles. The maximum absolute atomic E-state index is 12.2. The first-order valence-corrected chi connectivity index (χ1v) is 8.65. The number of hydrogen-bond acceptors (Lipinski definition) is 2. The average Bonchev–Trinajstić information content (AvgIpc) is 2.66. The lowest BCUT2D eigenvalue weighted by molar-refractivity contribution is -0.123. The van der Waals surface area contributed by atoms with E-state index in [2.05, 4.69) is 42.6 Å². The van der Waals surface area contributed by atoms with Gasteiger partial charge in [-0.05, 0) is 47.4 Å². The quantitative estimate of drug-likeness (QED) is 0.712. The van der Waals surface area contributed by atoms with Crippen LogP contribution in [-0.4, -0.2) is 12.5 Å². The number of aryl methyl sites for hydroxylation is 1. The molecular weight excluding hydrogens is 310 g/mol. The van der Waals surface area contributed by atoms with E-state index in [0.717, 1.165) is 22.8 Å². The van der Waals surface area contributed by atoms with Crippen molar-refractivity contribution in [1.82, 2.24) is 5.32 Å². The van der Waals surface area contributed by atoms with Gasteiger partial charge >= 0.3 is 0 Å². The molecule has 3 aromatic rings. The average molecular weight is 333 g/mol. The summed E-state index contributed by atoms with van der Waals surface area (Å²) in [6, 6.07) is 22.2. The summed E-state index contributed by atoms with van der Waals surface area (Å²) < 4.78 is 5.64. The number of carbonyl (C=O) groups excluding carboxylic acids is 1. The fraction of sp³-hybridized carbons (Fsp3) is 0.227. The Labute approximate surface area is 148 Å². The van der Waals surface area contributed by atoms with E-state index in [1.807, 2.05) is 43.3 Å². The summed E-state index contributed by atoms with van der Waals surface area (Å²) in [4.78, 5) is 12.2. The summed E-state index contributed by atoms with van der Waals surface area (Å²) in [5.41, 5.74) is 2.39. The molecule has 3 rings (SSSR count). The van der Waals surface area contributed by atoms with E-state index >= 15 is 0 Å². The van der Waals surface area contributed by atoms with Gasteiger partial charge in [-0.25, -0.2) is 0 Å². The van der Waals surface area contributed by atoms with Gasteiger partial charge in [-0.2, -0.15) is 0 Å². The molecule has 0 fully saturated rings. The van der Waals surface area contributed by atoms with Crippen molar-refractivity contribution in [3.63, 3.8) is 0 Å². The lowest BCUT2D eigenvalue weighted by Crippen LogP contribution is -2.31. The van der Waals surface area contributed by atoms with E-state index in [0.29, 0.717) is 5.75 Å².